The first-order chi connectivity index (χ1) is 16.3. The second-order valence-electron chi connectivity index (χ2n) is 8.02. The molecule has 0 unspecified atom stereocenters. The van der Waals surface area contributed by atoms with Gasteiger partial charge in [-0.25, -0.2) is 0 Å². The molecule has 0 atom stereocenters. The van der Waals surface area contributed by atoms with E-state index in [2.05, 4.69) is 15.3 Å². The van der Waals surface area contributed by atoms with Gasteiger partial charge in [0.25, 0.3) is 5.82 Å². The van der Waals surface area contributed by atoms with Gasteiger partial charge in [-0.15, -0.1) is 15.3 Å². The number of anilines is 1. The molecule has 0 N–H and O–H groups in total. The van der Waals surface area contributed by atoms with Crippen LogP contribution in [0.3, 0.4) is 0 Å². The molecule has 1 fully saturated rings. The zero-order valence-corrected chi connectivity index (χ0v) is 18.5. The highest BCUT2D eigenvalue weighted by Gasteiger charge is 2.38. The van der Waals surface area contributed by atoms with Gasteiger partial charge in [0.05, 0.1) is 12.5 Å². The number of alkyl halides is 3. The number of carbonyl (C=O) groups is 1. The Hall–Kier alpha value is -3.12. The number of hydrogen-bond acceptors (Lipinski definition) is 8. The first-order valence-electron chi connectivity index (χ1n) is 10.5. The Kier molecular flexibility index (Phi) is 5.94. The Balaban J connectivity index is 1.21. The van der Waals surface area contributed by atoms with Crippen LogP contribution in [0.4, 0.5) is 19.0 Å². The van der Waals surface area contributed by atoms with E-state index in [4.69, 9.17) is 25.8 Å². The molecule has 1 saturated heterocycles. The van der Waals surface area contributed by atoms with Gasteiger partial charge < -0.3 is 19.1 Å². The third-order valence-electron chi connectivity index (χ3n) is 5.78. The molecule has 2 aliphatic heterocycles. The van der Waals surface area contributed by atoms with Crippen LogP contribution in [-0.4, -0.2) is 45.7 Å². The summed E-state index contributed by atoms with van der Waals surface area (Å²) < 4.78 is 56.4. The molecule has 3 aromatic rings. The van der Waals surface area contributed by atoms with Crippen LogP contribution in [0.5, 0.6) is 5.75 Å². The van der Waals surface area contributed by atoms with Crippen molar-refractivity contribution in [3.05, 3.63) is 46.2 Å². The van der Waals surface area contributed by atoms with Crippen molar-refractivity contribution in [3.8, 4) is 5.75 Å². The van der Waals surface area contributed by atoms with Crippen molar-refractivity contribution >= 4 is 29.0 Å². The minimum atomic E-state index is -4.66. The quantitative estimate of drug-likeness (QED) is 0.505. The molecule has 180 valence electrons. The number of esters is 1. The van der Waals surface area contributed by atoms with Gasteiger partial charge in [-0.1, -0.05) is 11.6 Å². The maximum Gasteiger partial charge on any atom is 0.453 e. The third-order valence-corrected chi connectivity index (χ3v) is 5.99. The third kappa shape index (κ3) is 4.47. The van der Waals surface area contributed by atoms with Gasteiger partial charge in [-0.3, -0.25) is 4.79 Å². The molecule has 9 nitrogen and oxygen atoms in total. The molecule has 0 spiro atoms. The fourth-order valence-electron chi connectivity index (χ4n) is 4.10. The van der Waals surface area contributed by atoms with E-state index in [9.17, 15) is 18.0 Å². The number of nitrogens with zero attached hydrogens (tertiary/aromatic N) is 5. The predicted molar refractivity (Wildman–Crippen MR) is 112 cm³/mol. The second kappa shape index (κ2) is 8.91. The molecule has 0 bridgehead atoms. The summed E-state index contributed by atoms with van der Waals surface area (Å²) in [5.74, 6) is -0.884. The van der Waals surface area contributed by atoms with Crippen LogP contribution in [-0.2, 0) is 33.7 Å². The first-order valence-corrected chi connectivity index (χ1v) is 10.9. The summed E-state index contributed by atoms with van der Waals surface area (Å²) >= 11 is 6.15. The van der Waals surface area contributed by atoms with Gasteiger partial charge in [0.1, 0.15) is 18.2 Å². The lowest BCUT2D eigenvalue weighted by Crippen LogP contribution is -2.37. The van der Waals surface area contributed by atoms with Gasteiger partial charge in [0, 0.05) is 29.2 Å². The zero-order valence-electron chi connectivity index (χ0n) is 17.7. The molecular formula is C21H19ClF3N5O4. The number of rotatable bonds is 4. The minimum Gasteiger partial charge on any atom is -0.467 e. The zero-order chi connectivity index (χ0) is 23.9. The number of benzene rings is 1. The van der Waals surface area contributed by atoms with E-state index >= 15 is 0 Å². The number of fused-ring (bicyclic) bond motifs is 2. The fraction of sp³-hybridized carbons (Fsp3) is 0.429. The SMILES string of the molecule is O=C(OCc1cc(Cl)cc2c1OCOC2)C1CCN(c2ccc3nnc(C(F)(F)F)n3n2)CC1. The smallest absolute Gasteiger partial charge is 0.453 e. The Labute approximate surface area is 196 Å². The van der Waals surface area contributed by atoms with Gasteiger partial charge in [-0.05, 0) is 37.1 Å². The summed E-state index contributed by atoms with van der Waals surface area (Å²) in [6.07, 6.45) is -3.71. The summed E-state index contributed by atoms with van der Waals surface area (Å²) in [6, 6.07) is 6.47. The topological polar surface area (TPSA) is 91.1 Å². The van der Waals surface area contributed by atoms with Crippen molar-refractivity contribution in [2.75, 3.05) is 24.8 Å². The molecule has 4 heterocycles. The van der Waals surface area contributed by atoms with Gasteiger partial charge in [-0.2, -0.15) is 17.7 Å². The molecule has 0 amide bonds. The lowest BCUT2D eigenvalue weighted by molar-refractivity contribution is -0.150. The number of piperidine rings is 1. The van der Waals surface area contributed by atoms with Crippen molar-refractivity contribution in [3.63, 3.8) is 0 Å². The summed E-state index contributed by atoms with van der Waals surface area (Å²) in [5.41, 5.74) is 1.47. The first kappa shape index (κ1) is 22.7. The van der Waals surface area contributed by atoms with Crippen LogP contribution in [0, 0.1) is 5.92 Å². The standard InChI is InChI=1S/C21H19ClF3N5O4/c22-15-7-13-9-32-11-34-18(13)14(8-15)10-33-19(31)12-3-5-29(6-4-12)17-2-1-16-26-27-20(21(23,24)25)30(16)28-17/h1-2,7-8,12H,3-6,9-11H2. The molecular weight excluding hydrogens is 479 g/mol. The second-order valence-corrected chi connectivity index (χ2v) is 8.45. The Morgan fingerprint density at radius 1 is 1.21 bits per heavy atom. The Bertz CT molecular complexity index is 1230. The van der Waals surface area contributed by atoms with Crippen molar-refractivity contribution in [2.24, 2.45) is 5.92 Å². The molecule has 2 aliphatic rings. The van der Waals surface area contributed by atoms with Crippen molar-refractivity contribution in [1.29, 1.82) is 0 Å². The monoisotopic (exact) mass is 497 g/mol. The van der Waals surface area contributed by atoms with Crippen molar-refractivity contribution in [2.45, 2.75) is 32.2 Å². The highest BCUT2D eigenvalue weighted by molar-refractivity contribution is 6.30. The summed E-state index contributed by atoms with van der Waals surface area (Å²) in [6.45, 7) is 1.39. The van der Waals surface area contributed by atoms with Crippen LogP contribution in [0.25, 0.3) is 5.65 Å². The molecule has 0 saturated carbocycles. The molecule has 2 aromatic heterocycles. The van der Waals surface area contributed by atoms with Gasteiger partial charge >= 0.3 is 12.1 Å². The van der Waals surface area contributed by atoms with E-state index in [1.54, 1.807) is 18.2 Å². The normalized spacial score (nSPS) is 16.9. The molecule has 34 heavy (non-hydrogen) atoms. The molecule has 13 heteroatoms. The van der Waals surface area contributed by atoms with Crippen LogP contribution in [0.1, 0.15) is 29.8 Å². The van der Waals surface area contributed by atoms with Crippen LogP contribution in [0.2, 0.25) is 5.02 Å². The molecule has 0 radical (unpaired) electrons. The summed E-state index contributed by atoms with van der Waals surface area (Å²) in [4.78, 5) is 14.5. The number of hydrogen-bond donors (Lipinski definition) is 0. The van der Waals surface area contributed by atoms with Gasteiger partial charge in [0.2, 0.25) is 0 Å². The maximum atomic E-state index is 13.1. The number of halogens is 4. The van der Waals surface area contributed by atoms with E-state index in [-0.39, 0.29) is 30.9 Å². The highest BCUT2D eigenvalue weighted by Crippen LogP contribution is 2.33. The molecule has 5 rings (SSSR count). The molecule has 0 aliphatic carbocycles. The highest BCUT2D eigenvalue weighted by atomic mass is 35.5. The molecule has 1 aromatic carbocycles. The van der Waals surface area contributed by atoms with Crippen LogP contribution in [0.15, 0.2) is 24.3 Å². The average molecular weight is 498 g/mol. The number of aromatic nitrogens is 4. The van der Waals surface area contributed by atoms with Gasteiger partial charge in [0.15, 0.2) is 12.4 Å². The maximum absolute atomic E-state index is 13.1. The minimum absolute atomic E-state index is 0.00767. The predicted octanol–water partition coefficient (Wildman–Crippen LogP) is 3.62. The van der Waals surface area contributed by atoms with E-state index in [0.29, 0.717) is 59.2 Å². The van der Waals surface area contributed by atoms with Crippen LogP contribution < -0.4 is 9.64 Å². The van der Waals surface area contributed by atoms with E-state index in [1.165, 1.54) is 6.07 Å². The van der Waals surface area contributed by atoms with Crippen LogP contribution >= 0.6 is 11.6 Å². The van der Waals surface area contributed by atoms with E-state index in [1.807, 2.05) is 4.90 Å². The number of ether oxygens (including phenoxy) is 3. The average Bonchev–Trinajstić information content (AvgIpc) is 3.26. The lowest BCUT2D eigenvalue weighted by atomic mass is 9.97. The number of carbonyl (C=O) groups excluding carboxylic acids is 1. The largest absolute Gasteiger partial charge is 0.467 e. The lowest BCUT2D eigenvalue weighted by Gasteiger charge is -2.31. The summed E-state index contributed by atoms with van der Waals surface area (Å²) in [7, 11) is 0. The van der Waals surface area contributed by atoms with Crippen molar-refractivity contribution < 1.29 is 32.2 Å². The Morgan fingerprint density at radius 2 is 2.00 bits per heavy atom. The van der Waals surface area contributed by atoms with E-state index in [0.717, 1.165) is 5.56 Å². The summed E-state index contributed by atoms with van der Waals surface area (Å²) in [5, 5.41) is 11.3. The Morgan fingerprint density at radius 3 is 2.76 bits per heavy atom. The fourth-order valence-corrected chi connectivity index (χ4v) is 4.36. The van der Waals surface area contributed by atoms with E-state index < -0.39 is 12.0 Å². The van der Waals surface area contributed by atoms with Crippen molar-refractivity contribution in [1.82, 2.24) is 19.8 Å².